The Bertz CT molecular complexity index is 354. The van der Waals surface area contributed by atoms with Crippen molar-refractivity contribution in [3.05, 3.63) is 35.1 Å². The molecule has 0 aliphatic rings. The van der Waals surface area contributed by atoms with Crippen LogP contribution in [0.5, 0.6) is 0 Å². The number of carbonyl (C=O) groups excluding carboxylic acids is 1. The van der Waals surface area contributed by atoms with E-state index >= 15 is 0 Å². The summed E-state index contributed by atoms with van der Waals surface area (Å²) in [7, 11) is 0. The number of hydrogen-bond acceptors (Lipinski definition) is 2. The Morgan fingerprint density at radius 1 is 1.54 bits per heavy atom. The summed E-state index contributed by atoms with van der Waals surface area (Å²) in [6, 6.07) is 5.90. The first kappa shape index (κ1) is 9.40. The van der Waals surface area contributed by atoms with Crippen LogP contribution in [0.3, 0.4) is 0 Å². The van der Waals surface area contributed by atoms with Gasteiger partial charge in [0.15, 0.2) is 0 Å². The third-order valence-electron chi connectivity index (χ3n) is 1.74. The number of benzene rings is 1. The van der Waals surface area contributed by atoms with Gasteiger partial charge >= 0.3 is 0 Å². The van der Waals surface area contributed by atoms with Crippen molar-refractivity contribution in [3.8, 4) is 6.07 Å². The maximum Gasteiger partial charge on any atom is 0.150 e. The zero-order valence-electron chi connectivity index (χ0n) is 6.96. The quantitative estimate of drug-likeness (QED) is 0.663. The lowest BCUT2D eigenvalue weighted by atomic mass is 10.0. The van der Waals surface area contributed by atoms with Crippen LogP contribution in [0.15, 0.2) is 18.2 Å². The van der Waals surface area contributed by atoms with Crippen molar-refractivity contribution in [3.63, 3.8) is 0 Å². The molecular formula is C10H8FNO. The SMILES string of the molecule is N#CCCc1cc(F)ccc1C=O. The lowest BCUT2D eigenvalue weighted by molar-refractivity contribution is 0.112. The fraction of sp³-hybridized carbons (Fsp3) is 0.200. The highest BCUT2D eigenvalue weighted by molar-refractivity contribution is 5.77. The summed E-state index contributed by atoms with van der Waals surface area (Å²) < 4.78 is 12.7. The smallest absolute Gasteiger partial charge is 0.150 e. The fourth-order valence-corrected chi connectivity index (χ4v) is 1.10. The van der Waals surface area contributed by atoms with Gasteiger partial charge in [0.2, 0.25) is 0 Å². The molecule has 0 aliphatic carbocycles. The molecule has 0 aromatic heterocycles. The molecule has 0 saturated heterocycles. The molecule has 0 fully saturated rings. The van der Waals surface area contributed by atoms with Crippen molar-refractivity contribution < 1.29 is 9.18 Å². The van der Waals surface area contributed by atoms with Gasteiger partial charge in [0.1, 0.15) is 12.1 Å². The normalized spacial score (nSPS) is 9.23. The largest absolute Gasteiger partial charge is 0.298 e. The highest BCUT2D eigenvalue weighted by Crippen LogP contribution is 2.11. The molecule has 1 aromatic carbocycles. The van der Waals surface area contributed by atoms with Gasteiger partial charge in [0.25, 0.3) is 0 Å². The average molecular weight is 177 g/mol. The summed E-state index contributed by atoms with van der Waals surface area (Å²) in [5, 5.41) is 8.33. The van der Waals surface area contributed by atoms with E-state index in [2.05, 4.69) is 0 Å². The standard InChI is InChI=1S/C10H8FNO/c11-10-4-3-9(7-13)8(6-10)2-1-5-12/h3-4,6-7H,1-2H2. The van der Waals surface area contributed by atoms with Crippen molar-refractivity contribution in [1.82, 2.24) is 0 Å². The van der Waals surface area contributed by atoms with Crippen molar-refractivity contribution in [2.75, 3.05) is 0 Å². The molecule has 0 bridgehead atoms. The highest BCUT2D eigenvalue weighted by Gasteiger charge is 2.02. The Balaban J connectivity index is 2.95. The van der Waals surface area contributed by atoms with Crippen molar-refractivity contribution in [1.29, 1.82) is 5.26 Å². The summed E-state index contributed by atoms with van der Waals surface area (Å²) in [5.74, 6) is -0.376. The number of rotatable bonds is 3. The van der Waals surface area contributed by atoms with Crippen LogP contribution in [0.2, 0.25) is 0 Å². The molecule has 66 valence electrons. The van der Waals surface area contributed by atoms with Crippen LogP contribution in [-0.2, 0) is 6.42 Å². The molecular weight excluding hydrogens is 169 g/mol. The van der Waals surface area contributed by atoms with Gasteiger partial charge in [-0.1, -0.05) is 0 Å². The van der Waals surface area contributed by atoms with Crippen LogP contribution < -0.4 is 0 Å². The molecule has 0 unspecified atom stereocenters. The zero-order chi connectivity index (χ0) is 9.68. The second-order valence-corrected chi connectivity index (χ2v) is 2.62. The zero-order valence-corrected chi connectivity index (χ0v) is 6.96. The van der Waals surface area contributed by atoms with Gasteiger partial charge in [-0.25, -0.2) is 4.39 Å². The van der Waals surface area contributed by atoms with E-state index in [-0.39, 0.29) is 5.82 Å². The predicted octanol–water partition coefficient (Wildman–Crippen LogP) is 2.09. The van der Waals surface area contributed by atoms with Crippen molar-refractivity contribution >= 4 is 6.29 Å². The Kier molecular flexibility index (Phi) is 3.15. The Morgan fingerprint density at radius 2 is 2.31 bits per heavy atom. The molecule has 0 aliphatic heterocycles. The topological polar surface area (TPSA) is 40.9 Å². The van der Waals surface area contributed by atoms with Gasteiger partial charge in [-0.15, -0.1) is 0 Å². The lowest BCUT2D eigenvalue weighted by Crippen LogP contribution is -1.93. The number of aryl methyl sites for hydroxylation is 1. The van der Waals surface area contributed by atoms with E-state index in [0.717, 1.165) is 0 Å². The first-order chi connectivity index (χ1) is 6.27. The molecule has 3 heteroatoms. The van der Waals surface area contributed by atoms with Crippen molar-refractivity contribution in [2.24, 2.45) is 0 Å². The third-order valence-corrected chi connectivity index (χ3v) is 1.74. The van der Waals surface area contributed by atoms with Crippen LogP contribution in [0, 0.1) is 17.1 Å². The first-order valence-electron chi connectivity index (χ1n) is 3.88. The summed E-state index contributed by atoms with van der Waals surface area (Å²) >= 11 is 0. The average Bonchev–Trinajstić information content (AvgIpc) is 2.15. The summed E-state index contributed by atoms with van der Waals surface area (Å²) in [6.07, 6.45) is 1.39. The maximum atomic E-state index is 12.7. The van der Waals surface area contributed by atoms with E-state index in [4.69, 9.17) is 5.26 Å². The van der Waals surface area contributed by atoms with Crippen LogP contribution in [0.4, 0.5) is 4.39 Å². The highest BCUT2D eigenvalue weighted by atomic mass is 19.1. The Morgan fingerprint density at radius 3 is 2.92 bits per heavy atom. The Labute approximate surface area is 75.6 Å². The molecule has 13 heavy (non-hydrogen) atoms. The second-order valence-electron chi connectivity index (χ2n) is 2.62. The number of nitrogens with zero attached hydrogens (tertiary/aromatic N) is 1. The summed E-state index contributed by atoms with van der Waals surface area (Å²) in [4.78, 5) is 10.5. The van der Waals surface area contributed by atoms with Gasteiger partial charge in [0, 0.05) is 12.0 Å². The molecule has 0 spiro atoms. The predicted molar refractivity (Wildman–Crippen MR) is 45.7 cm³/mol. The number of carbonyl (C=O) groups is 1. The molecule has 0 atom stereocenters. The lowest BCUT2D eigenvalue weighted by Gasteiger charge is -2.01. The van der Waals surface area contributed by atoms with E-state index < -0.39 is 0 Å². The minimum absolute atomic E-state index is 0.296. The van der Waals surface area contributed by atoms with Gasteiger partial charge in [0.05, 0.1) is 6.07 Å². The summed E-state index contributed by atoms with van der Waals surface area (Å²) in [5.41, 5.74) is 1.05. The molecule has 0 saturated carbocycles. The van der Waals surface area contributed by atoms with E-state index in [0.29, 0.717) is 30.3 Å². The molecule has 0 heterocycles. The molecule has 1 aromatic rings. The van der Waals surface area contributed by atoms with Crippen LogP contribution in [0.1, 0.15) is 22.3 Å². The van der Waals surface area contributed by atoms with Gasteiger partial charge in [-0.05, 0) is 30.2 Å². The van der Waals surface area contributed by atoms with Crippen molar-refractivity contribution in [2.45, 2.75) is 12.8 Å². The maximum absolute atomic E-state index is 12.7. The summed E-state index contributed by atoms with van der Waals surface area (Å²) in [6.45, 7) is 0. The van der Waals surface area contributed by atoms with E-state index in [1.54, 1.807) is 0 Å². The minimum atomic E-state index is -0.376. The third kappa shape index (κ3) is 2.38. The van der Waals surface area contributed by atoms with Crippen LogP contribution in [-0.4, -0.2) is 6.29 Å². The molecule has 1 rings (SSSR count). The van der Waals surface area contributed by atoms with Crippen LogP contribution >= 0.6 is 0 Å². The molecule has 0 radical (unpaired) electrons. The number of nitriles is 1. The van der Waals surface area contributed by atoms with E-state index in [1.807, 2.05) is 6.07 Å². The fourth-order valence-electron chi connectivity index (χ4n) is 1.10. The van der Waals surface area contributed by atoms with Gasteiger partial charge < -0.3 is 0 Å². The van der Waals surface area contributed by atoms with Gasteiger partial charge in [-0.3, -0.25) is 4.79 Å². The van der Waals surface area contributed by atoms with E-state index in [1.165, 1.54) is 18.2 Å². The molecule has 0 N–H and O–H groups in total. The second kappa shape index (κ2) is 4.36. The number of halogens is 1. The van der Waals surface area contributed by atoms with Gasteiger partial charge in [-0.2, -0.15) is 5.26 Å². The van der Waals surface area contributed by atoms with Crippen LogP contribution in [0.25, 0.3) is 0 Å². The number of hydrogen-bond donors (Lipinski definition) is 0. The Hall–Kier alpha value is -1.69. The minimum Gasteiger partial charge on any atom is -0.298 e. The first-order valence-corrected chi connectivity index (χ1v) is 3.88. The molecule has 0 amide bonds. The monoisotopic (exact) mass is 177 g/mol. The number of aldehydes is 1. The van der Waals surface area contributed by atoms with E-state index in [9.17, 15) is 9.18 Å². The molecule has 2 nitrogen and oxygen atoms in total.